The van der Waals surface area contributed by atoms with Gasteiger partial charge >= 0.3 is 0 Å². The second-order valence-corrected chi connectivity index (χ2v) is 4.68. The van der Waals surface area contributed by atoms with E-state index in [0.717, 1.165) is 12.2 Å². The molecule has 4 heteroatoms. The lowest BCUT2D eigenvalue weighted by molar-refractivity contribution is 1.19. The van der Waals surface area contributed by atoms with Gasteiger partial charge in [0, 0.05) is 17.1 Å². The molecule has 0 amide bonds. The van der Waals surface area contributed by atoms with Crippen LogP contribution in [0.25, 0.3) is 0 Å². The van der Waals surface area contributed by atoms with E-state index in [1.807, 2.05) is 23.6 Å². The Morgan fingerprint density at radius 2 is 2.25 bits per heavy atom. The molecule has 1 heterocycles. The highest BCUT2D eigenvalue weighted by Crippen LogP contribution is 2.21. The Balaban J connectivity index is 2.06. The Kier molecular flexibility index (Phi) is 3.45. The molecule has 2 rings (SSSR count). The molecule has 0 fully saturated rings. The van der Waals surface area contributed by atoms with Crippen LogP contribution in [0.15, 0.2) is 35.7 Å². The molecule has 0 aliphatic heterocycles. The number of hydrogen-bond donors (Lipinski definition) is 1. The van der Waals surface area contributed by atoms with E-state index in [4.69, 9.17) is 16.9 Å². The van der Waals surface area contributed by atoms with E-state index in [2.05, 4.69) is 11.4 Å². The number of nitrogens with zero attached hydrogens (tertiary/aromatic N) is 1. The molecular weight excluding hydrogens is 240 g/mol. The van der Waals surface area contributed by atoms with Crippen LogP contribution in [0.2, 0.25) is 5.02 Å². The maximum atomic E-state index is 8.74. The highest BCUT2D eigenvalue weighted by Gasteiger charge is 2.00. The van der Waals surface area contributed by atoms with Crippen LogP contribution in [0, 0.1) is 11.3 Å². The Morgan fingerprint density at radius 3 is 2.88 bits per heavy atom. The molecule has 0 aliphatic carbocycles. The van der Waals surface area contributed by atoms with Crippen LogP contribution in [0.1, 0.15) is 10.4 Å². The van der Waals surface area contributed by atoms with Crippen molar-refractivity contribution < 1.29 is 0 Å². The molecule has 0 saturated heterocycles. The predicted molar refractivity (Wildman–Crippen MR) is 67.8 cm³/mol. The normalized spacial score (nSPS) is 9.75. The van der Waals surface area contributed by atoms with Gasteiger partial charge in [0.05, 0.1) is 10.6 Å². The predicted octanol–water partition coefficient (Wildman–Crippen LogP) is 3.89. The van der Waals surface area contributed by atoms with Gasteiger partial charge in [0.15, 0.2) is 0 Å². The topological polar surface area (TPSA) is 35.8 Å². The lowest BCUT2D eigenvalue weighted by Crippen LogP contribution is -1.97. The van der Waals surface area contributed by atoms with Gasteiger partial charge in [-0.2, -0.15) is 5.26 Å². The third kappa shape index (κ3) is 2.54. The van der Waals surface area contributed by atoms with Crippen LogP contribution < -0.4 is 5.32 Å². The van der Waals surface area contributed by atoms with Gasteiger partial charge in [0.1, 0.15) is 6.07 Å². The quantitative estimate of drug-likeness (QED) is 0.895. The van der Waals surface area contributed by atoms with Gasteiger partial charge in [0.2, 0.25) is 0 Å². The SMILES string of the molecule is N#Cc1ccc(NCc2cccs2)cc1Cl. The Hall–Kier alpha value is -1.50. The smallest absolute Gasteiger partial charge is 0.101 e. The lowest BCUT2D eigenvalue weighted by atomic mass is 10.2. The summed E-state index contributed by atoms with van der Waals surface area (Å²) in [4.78, 5) is 1.26. The zero-order valence-electron chi connectivity index (χ0n) is 8.40. The van der Waals surface area contributed by atoms with Crippen molar-refractivity contribution in [2.75, 3.05) is 5.32 Å². The zero-order valence-corrected chi connectivity index (χ0v) is 9.98. The van der Waals surface area contributed by atoms with Crippen LogP contribution in [0.5, 0.6) is 0 Å². The molecule has 0 bridgehead atoms. The fraction of sp³-hybridized carbons (Fsp3) is 0.0833. The van der Waals surface area contributed by atoms with Gasteiger partial charge in [-0.3, -0.25) is 0 Å². The average molecular weight is 249 g/mol. The minimum atomic E-state index is 0.485. The number of hydrogen-bond acceptors (Lipinski definition) is 3. The molecule has 0 unspecified atom stereocenters. The number of halogens is 1. The number of rotatable bonds is 3. The van der Waals surface area contributed by atoms with E-state index in [0.29, 0.717) is 10.6 Å². The van der Waals surface area contributed by atoms with Crippen molar-refractivity contribution in [1.82, 2.24) is 0 Å². The summed E-state index contributed by atoms with van der Waals surface area (Å²) in [5.41, 5.74) is 1.43. The second kappa shape index (κ2) is 5.02. The van der Waals surface area contributed by atoms with Crippen molar-refractivity contribution in [3.8, 4) is 6.07 Å². The summed E-state index contributed by atoms with van der Waals surface area (Å²) in [6, 6.07) is 11.5. The highest BCUT2D eigenvalue weighted by atomic mass is 35.5. The first-order chi connectivity index (χ1) is 7.79. The molecule has 1 aromatic heterocycles. The van der Waals surface area contributed by atoms with E-state index in [1.165, 1.54) is 4.88 Å². The largest absolute Gasteiger partial charge is 0.380 e. The second-order valence-electron chi connectivity index (χ2n) is 3.24. The fourth-order valence-electron chi connectivity index (χ4n) is 1.32. The van der Waals surface area contributed by atoms with Crippen molar-refractivity contribution >= 4 is 28.6 Å². The van der Waals surface area contributed by atoms with E-state index in [1.54, 1.807) is 23.5 Å². The number of anilines is 1. The molecule has 1 N–H and O–H groups in total. The summed E-state index contributed by atoms with van der Waals surface area (Å²) in [5, 5.41) is 14.5. The van der Waals surface area contributed by atoms with Gasteiger partial charge in [0.25, 0.3) is 0 Å². The van der Waals surface area contributed by atoms with E-state index in [-0.39, 0.29) is 0 Å². The molecule has 0 spiro atoms. The van der Waals surface area contributed by atoms with Gasteiger partial charge in [-0.05, 0) is 29.6 Å². The summed E-state index contributed by atoms with van der Waals surface area (Å²) < 4.78 is 0. The summed E-state index contributed by atoms with van der Waals surface area (Å²) in [5.74, 6) is 0. The number of thiophene rings is 1. The molecule has 0 saturated carbocycles. The molecular formula is C12H9ClN2S. The van der Waals surface area contributed by atoms with Gasteiger partial charge in [-0.1, -0.05) is 17.7 Å². The van der Waals surface area contributed by atoms with Crippen LogP contribution in [-0.2, 0) is 6.54 Å². The molecule has 1 aromatic carbocycles. The van der Waals surface area contributed by atoms with Crippen molar-refractivity contribution in [2.24, 2.45) is 0 Å². The first-order valence-corrected chi connectivity index (χ1v) is 6.01. The maximum Gasteiger partial charge on any atom is 0.101 e. The van der Waals surface area contributed by atoms with E-state index < -0.39 is 0 Å². The first-order valence-electron chi connectivity index (χ1n) is 4.75. The van der Waals surface area contributed by atoms with Crippen LogP contribution in [-0.4, -0.2) is 0 Å². The summed E-state index contributed by atoms with van der Waals surface area (Å²) in [6.07, 6.45) is 0. The summed E-state index contributed by atoms with van der Waals surface area (Å²) >= 11 is 7.64. The molecule has 2 aromatic rings. The summed E-state index contributed by atoms with van der Waals surface area (Å²) in [6.45, 7) is 0.778. The maximum absolute atomic E-state index is 8.74. The minimum absolute atomic E-state index is 0.485. The fourth-order valence-corrected chi connectivity index (χ4v) is 2.19. The first kappa shape index (κ1) is 11.0. The van der Waals surface area contributed by atoms with Crippen molar-refractivity contribution in [3.63, 3.8) is 0 Å². The third-order valence-corrected chi connectivity index (χ3v) is 3.33. The van der Waals surface area contributed by atoms with Gasteiger partial charge in [-0.15, -0.1) is 11.3 Å². The minimum Gasteiger partial charge on any atom is -0.380 e. The zero-order chi connectivity index (χ0) is 11.4. The molecule has 0 aliphatic rings. The Labute approximate surface area is 103 Å². The number of nitrogens with one attached hydrogen (secondary N) is 1. The van der Waals surface area contributed by atoms with Crippen molar-refractivity contribution in [2.45, 2.75) is 6.54 Å². The van der Waals surface area contributed by atoms with Crippen molar-refractivity contribution in [3.05, 3.63) is 51.2 Å². The van der Waals surface area contributed by atoms with E-state index in [9.17, 15) is 0 Å². The van der Waals surface area contributed by atoms with Gasteiger partial charge < -0.3 is 5.32 Å². The molecule has 80 valence electrons. The average Bonchev–Trinajstić information content (AvgIpc) is 2.79. The molecule has 16 heavy (non-hydrogen) atoms. The Bertz CT molecular complexity index is 514. The molecule has 0 atom stereocenters. The third-order valence-electron chi connectivity index (χ3n) is 2.14. The van der Waals surface area contributed by atoms with E-state index >= 15 is 0 Å². The Morgan fingerprint density at radius 1 is 1.38 bits per heavy atom. The number of nitriles is 1. The van der Waals surface area contributed by atoms with Crippen LogP contribution >= 0.6 is 22.9 Å². The lowest BCUT2D eigenvalue weighted by Gasteiger charge is -2.05. The van der Waals surface area contributed by atoms with Crippen molar-refractivity contribution in [1.29, 1.82) is 5.26 Å². The number of benzene rings is 1. The van der Waals surface area contributed by atoms with Crippen LogP contribution in [0.3, 0.4) is 0 Å². The van der Waals surface area contributed by atoms with Crippen LogP contribution in [0.4, 0.5) is 5.69 Å². The summed E-state index contributed by atoms with van der Waals surface area (Å²) in [7, 11) is 0. The molecule has 0 radical (unpaired) electrons. The van der Waals surface area contributed by atoms with Gasteiger partial charge in [-0.25, -0.2) is 0 Å². The highest BCUT2D eigenvalue weighted by molar-refractivity contribution is 7.09. The standard InChI is InChI=1S/C12H9ClN2S/c13-12-6-10(4-3-9(12)7-14)15-8-11-2-1-5-16-11/h1-6,15H,8H2. The molecule has 2 nitrogen and oxygen atoms in total. The monoisotopic (exact) mass is 248 g/mol.